The third-order valence-electron chi connectivity index (χ3n) is 2.43. The molecule has 0 atom stereocenters. The second kappa shape index (κ2) is 6.16. The van der Waals surface area contributed by atoms with Gasteiger partial charge >= 0.3 is 5.97 Å². The van der Waals surface area contributed by atoms with E-state index in [2.05, 4.69) is 10.5 Å². The highest BCUT2D eigenvalue weighted by molar-refractivity contribution is 7.80. The summed E-state index contributed by atoms with van der Waals surface area (Å²) in [5, 5.41) is 4.00. The van der Waals surface area contributed by atoms with Crippen LogP contribution >= 0.6 is 12.2 Å². The maximum absolute atomic E-state index is 11.8. The van der Waals surface area contributed by atoms with Crippen molar-refractivity contribution in [1.82, 2.24) is 5.43 Å². The molecule has 1 aromatic carbocycles. The Bertz CT molecular complexity index is 596. The molecule has 1 aliphatic rings. The lowest BCUT2D eigenvalue weighted by atomic mass is 10.2. The summed E-state index contributed by atoms with van der Waals surface area (Å²) >= 11 is 4.85. The van der Waals surface area contributed by atoms with Crippen LogP contribution in [0.2, 0.25) is 0 Å². The summed E-state index contributed by atoms with van der Waals surface area (Å²) in [4.78, 5) is 11.7. The topological polar surface area (TPSA) is 85.9 Å². The predicted octanol–water partition coefficient (Wildman–Crippen LogP) is 1.03. The number of hydrogen-bond donors (Lipinski definition) is 2. The summed E-state index contributed by atoms with van der Waals surface area (Å²) in [5.41, 5.74) is 8.87. The highest BCUT2D eigenvalue weighted by Crippen LogP contribution is 2.16. The molecule has 0 saturated heterocycles. The van der Waals surface area contributed by atoms with Gasteiger partial charge in [-0.2, -0.15) is 0 Å². The molecule has 0 unspecified atom stereocenters. The Hall–Kier alpha value is -2.41. The molecular formula is C13H13N3O3S. The van der Waals surface area contributed by atoms with Crippen molar-refractivity contribution in [3.63, 3.8) is 0 Å². The first kappa shape index (κ1) is 14.0. The van der Waals surface area contributed by atoms with E-state index in [4.69, 9.17) is 27.4 Å². The molecule has 20 heavy (non-hydrogen) atoms. The van der Waals surface area contributed by atoms with E-state index in [9.17, 15) is 4.79 Å². The number of esters is 1. The van der Waals surface area contributed by atoms with E-state index in [0.717, 1.165) is 5.56 Å². The number of carbonyl (C=O) groups excluding carboxylic acids is 1. The maximum Gasteiger partial charge on any atom is 0.346 e. The summed E-state index contributed by atoms with van der Waals surface area (Å²) in [7, 11) is 0. The number of carbonyl (C=O) groups is 1. The van der Waals surface area contributed by atoms with Crippen LogP contribution in [0.5, 0.6) is 0 Å². The second-order valence-corrected chi connectivity index (χ2v) is 4.23. The molecule has 0 amide bonds. The molecule has 1 aliphatic heterocycles. The zero-order valence-electron chi connectivity index (χ0n) is 10.8. The SMILES string of the molecule is CCOC(=O)C(C(N)=S)=C1NN=C(c2ccccc2)O1. The molecule has 0 aliphatic carbocycles. The van der Waals surface area contributed by atoms with Crippen LogP contribution in [-0.2, 0) is 14.3 Å². The maximum atomic E-state index is 11.8. The third-order valence-corrected chi connectivity index (χ3v) is 2.64. The Kier molecular flexibility index (Phi) is 4.31. The van der Waals surface area contributed by atoms with Crippen LogP contribution in [0.25, 0.3) is 0 Å². The van der Waals surface area contributed by atoms with Crippen molar-refractivity contribution in [1.29, 1.82) is 0 Å². The Balaban J connectivity index is 2.25. The van der Waals surface area contributed by atoms with Gasteiger partial charge in [-0.3, -0.25) is 0 Å². The number of hydrogen-bond acceptors (Lipinski definition) is 6. The lowest BCUT2D eigenvalue weighted by Gasteiger charge is -2.08. The minimum atomic E-state index is -0.646. The van der Waals surface area contributed by atoms with Crippen LogP contribution in [0.1, 0.15) is 12.5 Å². The Morgan fingerprint density at radius 2 is 2.15 bits per heavy atom. The Labute approximate surface area is 121 Å². The van der Waals surface area contributed by atoms with Crippen LogP contribution in [0.3, 0.4) is 0 Å². The molecule has 7 heteroatoms. The predicted molar refractivity (Wildman–Crippen MR) is 77.6 cm³/mol. The molecule has 1 aromatic rings. The summed E-state index contributed by atoms with van der Waals surface area (Å²) in [5.74, 6) is -0.236. The van der Waals surface area contributed by atoms with Gasteiger partial charge in [0.25, 0.3) is 0 Å². The summed E-state index contributed by atoms with van der Waals surface area (Å²) < 4.78 is 10.4. The summed E-state index contributed by atoms with van der Waals surface area (Å²) in [6.45, 7) is 1.90. The van der Waals surface area contributed by atoms with Gasteiger partial charge in [0, 0.05) is 5.56 Å². The van der Waals surface area contributed by atoms with Gasteiger partial charge in [0.15, 0.2) is 5.57 Å². The normalized spacial score (nSPS) is 15.8. The van der Waals surface area contributed by atoms with E-state index in [0.29, 0.717) is 5.90 Å². The fourth-order valence-electron chi connectivity index (χ4n) is 1.56. The van der Waals surface area contributed by atoms with Crippen LogP contribution in [-0.4, -0.2) is 23.5 Å². The molecule has 0 radical (unpaired) electrons. The van der Waals surface area contributed by atoms with Crippen molar-refractivity contribution >= 4 is 29.1 Å². The van der Waals surface area contributed by atoms with Gasteiger partial charge in [-0.15, -0.1) is 5.10 Å². The van der Waals surface area contributed by atoms with E-state index < -0.39 is 5.97 Å². The number of thiocarbonyl (C=S) groups is 1. The monoisotopic (exact) mass is 291 g/mol. The number of nitrogens with two attached hydrogens (primary N) is 1. The fourth-order valence-corrected chi connectivity index (χ4v) is 1.74. The standard InChI is InChI=1S/C13H13N3O3S/c1-2-18-13(17)9(10(14)20)12-16-15-11(19-12)8-6-4-3-5-7-8/h3-7,16H,2H2,1H3,(H2,14,20). The molecule has 0 saturated carbocycles. The smallest absolute Gasteiger partial charge is 0.346 e. The van der Waals surface area contributed by atoms with Gasteiger partial charge in [0.05, 0.1) is 6.61 Å². The van der Waals surface area contributed by atoms with Gasteiger partial charge in [-0.1, -0.05) is 30.4 Å². The zero-order chi connectivity index (χ0) is 14.5. The number of benzene rings is 1. The lowest BCUT2D eigenvalue weighted by Crippen LogP contribution is -2.25. The first-order chi connectivity index (χ1) is 9.63. The molecule has 3 N–H and O–H groups in total. The number of rotatable bonds is 4. The third kappa shape index (κ3) is 2.94. The van der Waals surface area contributed by atoms with Crippen LogP contribution in [0.4, 0.5) is 0 Å². The van der Waals surface area contributed by atoms with Gasteiger partial charge in [-0.25, -0.2) is 10.2 Å². The Morgan fingerprint density at radius 3 is 2.75 bits per heavy atom. The molecule has 1 heterocycles. The molecule has 0 fully saturated rings. The van der Waals surface area contributed by atoms with E-state index >= 15 is 0 Å². The van der Waals surface area contributed by atoms with Crippen molar-refractivity contribution in [3.05, 3.63) is 47.4 Å². The zero-order valence-corrected chi connectivity index (χ0v) is 11.6. The quantitative estimate of drug-likeness (QED) is 0.489. The molecule has 0 spiro atoms. The van der Waals surface area contributed by atoms with Gasteiger partial charge in [-0.05, 0) is 19.1 Å². The van der Waals surface area contributed by atoms with Gasteiger partial charge < -0.3 is 15.2 Å². The summed E-state index contributed by atoms with van der Waals surface area (Å²) in [6, 6.07) is 9.23. The number of nitrogens with one attached hydrogen (secondary N) is 1. The van der Waals surface area contributed by atoms with Crippen molar-refractivity contribution in [3.8, 4) is 0 Å². The summed E-state index contributed by atoms with van der Waals surface area (Å²) in [6.07, 6.45) is 0. The van der Waals surface area contributed by atoms with E-state index in [1.54, 1.807) is 6.92 Å². The molecular weight excluding hydrogens is 278 g/mol. The van der Waals surface area contributed by atoms with Crippen LogP contribution in [0, 0.1) is 0 Å². The first-order valence-corrected chi connectivity index (χ1v) is 6.32. The average Bonchev–Trinajstić information content (AvgIpc) is 2.89. The van der Waals surface area contributed by atoms with Crippen molar-refractivity contribution in [2.24, 2.45) is 10.8 Å². The largest absolute Gasteiger partial charge is 0.462 e. The van der Waals surface area contributed by atoms with E-state index in [-0.39, 0.29) is 23.1 Å². The Morgan fingerprint density at radius 1 is 1.45 bits per heavy atom. The number of nitrogens with zero attached hydrogens (tertiary/aromatic N) is 1. The van der Waals surface area contributed by atoms with E-state index in [1.165, 1.54) is 0 Å². The molecule has 0 aromatic heterocycles. The lowest BCUT2D eigenvalue weighted by molar-refractivity contribution is -0.138. The minimum absolute atomic E-state index is 0.0310. The molecule has 6 nitrogen and oxygen atoms in total. The first-order valence-electron chi connectivity index (χ1n) is 5.91. The van der Waals surface area contributed by atoms with Crippen LogP contribution in [0.15, 0.2) is 46.9 Å². The van der Waals surface area contributed by atoms with Crippen molar-refractivity contribution in [2.75, 3.05) is 6.61 Å². The second-order valence-electron chi connectivity index (χ2n) is 3.79. The molecule has 104 valence electrons. The van der Waals surface area contributed by atoms with Crippen LogP contribution < -0.4 is 11.2 Å². The van der Waals surface area contributed by atoms with Crippen molar-refractivity contribution in [2.45, 2.75) is 6.92 Å². The molecule has 2 rings (SSSR count). The number of ether oxygens (including phenoxy) is 2. The average molecular weight is 291 g/mol. The van der Waals surface area contributed by atoms with Gasteiger partial charge in [0.2, 0.25) is 11.8 Å². The highest BCUT2D eigenvalue weighted by atomic mass is 32.1. The highest BCUT2D eigenvalue weighted by Gasteiger charge is 2.26. The van der Waals surface area contributed by atoms with Gasteiger partial charge in [0.1, 0.15) is 4.99 Å². The minimum Gasteiger partial charge on any atom is -0.462 e. The molecule has 0 bridgehead atoms. The van der Waals surface area contributed by atoms with E-state index in [1.807, 2.05) is 30.3 Å². The number of hydrazone groups is 1. The fraction of sp³-hybridized carbons (Fsp3) is 0.154. The van der Waals surface area contributed by atoms with Crippen molar-refractivity contribution < 1.29 is 14.3 Å².